The van der Waals surface area contributed by atoms with Gasteiger partial charge in [-0.1, -0.05) is 12.1 Å². The maximum absolute atomic E-state index is 12.8. The molecule has 0 bridgehead atoms. The number of amides is 1. The van der Waals surface area contributed by atoms with E-state index in [4.69, 9.17) is 9.47 Å². The summed E-state index contributed by atoms with van der Waals surface area (Å²) >= 11 is 0. The van der Waals surface area contributed by atoms with Crippen LogP contribution in [0.2, 0.25) is 0 Å². The summed E-state index contributed by atoms with van der Waals surface area (Å²) in [4.78, 5) is 17.0. The Balaban J connectivity index is 1.64. The van der Waals surface area contributed by atoms with Crippen molar-refractivity contribution in [3.8, 4) is 11.5 Å². The summed E-state index contributed by atoms with van der Waals surface area (Å²) in [6.45, 7) is 5.50. The Hall–Kier alpha value is -2.69. The zero-order valence-electron chi connectivity index (χ0n) is 14.8. The van der Waals surface area contributed by atoms with Crippen molar-refractivity contribution in [3.05, 3.63) is 54.1 Å². The van der Waals surface area contributed by atoms with Gasteiger partial charge in [-0.3, -0.25) is 4.79 Å². The Morgan fingerprint density at radius 2 is 1.68 bits per heavy atom. The van der Waals surface area contributed by atoms with Crippen molar-refractivity contribution in [2.45, 2.75) is 6.92 Å². The van der Waals surface area contributed by atoms with E-state index in [1.165, 1.54) is 0 Å². The molecular weight excluding hydrogens is 316 g/mol. The predicted octanol–water partition coefficient (Wildman–Crippen LogP) is 3.06. The van der Waals surface area contributed by atoms with E-state index < -0.39 is 0 Å². The number of carbonyl (C=O) groups excluding carboxylic acids is 1. The topological polar surface area (TPSA) is 42.0 Å². The predicted molar refractivity (Wildman–Crippen MR) is 98.7 cm³/mol. The first-order valence-corrected chi connectivity index (χ1v) is 8.63. The molecule has 5 heteroatoms. The zero-order chi connectivity index (χ0) is 17.6. The SMILES string of the molecule is CCOc1ccccc1C(=O)N1CCN(c2ccc(OC)cc2)CC1. The van der Waals surface area contributed by atoms with E-state index in [0.717, 1.165) is 24.5 Å². The summed E-state index contributed by atoms with van der Waals surface area (Å²) in [7, 11) is 1.67. The lowest BCUT2D eigenvalue weighted by Crippen LogP contribution is -2.48. The summed E-state index contributed by atoms with van der Waals surface area (Å²) in [5.74, 6) is 1.55. The van der Waals surface area contributed by atoms with Crippen LogP contribution in [0.1, 0.15) is 17.3 Å². The molecule has 0 unspecified atom stereocenters. The smallest absolute Gasteiger partial charge is 0.257 e. The molecular formula is C20H24N2O3. The summed E-state index contributed by atoms with van der Waals surface area (Å²) in [5, 5.41) is 0. The number of piperazine rings is 1. The number of para-hydroxylation sites is 1. The monoisotopic (exact) mass is 340 g/mol. The number of hydrogen-bond donors (Lipinski definition) is 0. The summed E-state index contributed by atoms with van der Waals surface area (Å²) in [5.41, 5.74) is 1.80. The van der Waals surface area contributed by atoms with Crippen LogP contribution in [0.3, 0.4) is 0 Å². The number of rotatable bonds is 5. The Morgan fingerprint density at radius 1 is 1.00 bits per heavy atom. The average molecular weight is 340 g/mol. The molecule has 132 valence electrons. The fourth-order valence-electron chi connectivity index (χ4n) is 3.06. The molecule has 0 N–H and O–H groups in total. The van der Waals surface area contributed by atoms with Crippen LogP contribution in [-0.2, 0) is 0 Å². The van der Waals surface area contributed by atoms with Crippen molar-refractivity contribution in [1.82, 2.24) is 4.90 Å². The molecule has 0 radical (unpaired) electrons. The van der Waals surface area contributed by atoms with Crippen LogP contribution in [0.15, 0.2) is 48.5 Å². The van der Waals surface area contributed by atoms with E-state index >= 15 is 0 Å². The Bertz CT molecular complexity index is 707. The zero-order valence-corrected chi connectivity index (χ0v) is 14.8. The number of benzene rings is 2. The molecule has 0 spiro atoms. The maximum atomic E-state index is 12.8. The van der Waals surface area contributed by atoms with E-state index in [9.17, 15) is 4.79 Å². The van der Waals surface area contributed by atoms with Gasteiger partial charge in [-0.25, -0.2) is 0 Å². The van der Waals surface area contributed by atoms with Crippen molar-refractivity contribution in [1.29, 1.82) is 0 Å². The van der Waals surface area contributed by atoms with Crippen LogP contribution >= 0.6 is 0 Å². The molecule has 5 nitrogen and oxygen atoms in total. The lowest BCUT2D eigenvalue weighted by molar-refractivity contribution is 0.0742. The maximum Gasteiger partial charge on any atom is 0.257 e. The Morgan fingerprint density at radius 3 is 2.32 bits per heavy atom. The number of carbonyl (C=O) groups is 1. The lowest BCUT2D eigenvalue weighted by Gasteiger charge is -2.36. The van der Waals surface area contributed by atoms with Gasteiger partial charge < -0.3 is 19.3 Å². The van der Waals surface area contributed by atoms with Crippen molar-refractivity contribution in [2.24, 2.45) is 0 Å². The molecule has 0 saturated carbocycles. The van der Waals surface area contributed by atoms with Gasteiger partial charge in [0.15, 0.2) is 0 Å². The molecule has 1 saturated heterocycles. The van der Waals surface area contributed by atoms with Gasteiger partial charge in [-0.05, 0) is 43.3 Å². The third kappa shape index (κ3) is 3.87. The molecule has 1 amide bonds. The molecule has 1 aliphatic rings. The third-order valence-electron chi connectivity index (χ3n) is 4.42. The van der Waals surface area contributed by atoms with E-state index in [1.54, 1.807) is 7.11 Å². The Kier molecular flexibility index (Phi) is 5.43. The van der Waals surface area contributed by atoms with E-state index in [1.807, 2.05) is 48.2 Å². The van der Waals surface area contributed by atoms with Crippen molar-refractivity contribution in [2.75, 3.05) is 44.8 Å². The largest absolute Gasteiger partial charge is 0.497 e. The minimum atomic E-state index is 0.0402. The standard InChI is InChI=1S/C20H24N2O3/c1-3-25-19-7-5-4-6-18(19)20(23)22-14-12-21(13-15-22)16-8-10-17(24-2)11-9-16/h4-11H,3,12-15H2,1-2H3. The summed E-state index contributed by atoms with van der Waals surface area (Å²) in [6.07, 6.45) is 0. The average Bonchev–Trinajstić information content (AvgIpc) is 2.68. The highest BCUT2D eigenvalue weighted by Gasteiger charge is 2.24. The van der Waals surface area contributed by atoms with Crippen LogP contribution in [-0.4, -0.2) is 50.7 Å². The van der Waals surface area contributed by atoms with Crippen LogP contribution in [0.25, 0.3) is 0 Å². The fourth-order valence-corrected chi connectivity index (χ4v) is 3.06. The van der Waals surface area contributed by atoms with Crippen LogP contribution in [0.4, 0.5) is 5.69 Å². The minimum Gasteiger partial charge on any atom is -0.497 e. The van der Waals surface area contributed by atoms with Crippen LogP contribution in [0.5, 0.6) is 11.5 Å². The quantitative estimate of drug-likeness (QED) is 0.839. The first-order valence-electron chi connectivity index (χ1n) is 8.63. The number of anilines is 1. The number of methoxy groups -OCH3 is 1. The molecule has 2 aromatic rings. The van der Waals surface area contributed by atoms with Gasteiger partial charge in [0.1, 0.15) is 11.5 Å². The molecule has 0 aliphatic carbocycles. The Labute approximate surface area is 148 Å². The van der Waals surface area contributed by atoms with Crippen molar-refractivity contribution in [3.63, 3.8) is 0 Å². The molecule has 0 aromatic heterocycles. The fraction of sp³-hybridized carbons (Fsp3) is 0.350. The lowest BCUT2D eigenvalue weighted by atomic mass is 10.1. The van der Waals surface area contributed by atoms with E-state index in [-0.39, 0.29) is 5.91 Å². The van der Waals surface area contributed by atoms with Gasteiger partial charge in [0, 0.05) is 31.9 Å². The van der Waals surface area contributed by atoms with E-state index in [0.29, 0.717) is 31.0 Å². The normalized spacial score (nSPS) is 14.3. The minimum absolute atomic E-state index is 0.0402. The second kappa shape index (κ2) is 7.92. The third-order valence-corrected chi connectivity index (χ3v) is 4.42. The molecule has 3 rings (SSSR count). The highest BCUT2D eigenvalue weighted by Crippen LogP contribution is 2.23. The van der Waals surface area contributed by atoms with Gasteiger partial charge in [0.05, 0.1) is 19.3 Å². The van der Waals surface area contributed by atoms with Gasteiger partial charge in [0.2, 0.25) is 0 Å². The van der Waals surface area contributed by atoms with Gasteiger partial charge in [0.25, 0.3) is 5.91 Å². The second-order valence-corrected chi connectivity index (χ2v) is 5.91. The van der Waals surface area contributed by atoms with Crippen molar-refractivity contribution < 1.29 is 14.3 Å². The van der Waals surface area contributed by atoms with E-state index in [2.05, 4.69) is 17.0 Å². The number of nitrogens with zero attached hydrogens (tertiary/aromatic N) is 2. The second-order valence-electron chi connectivity index (χ2n) is 5.91. The number of hydrogen-bond acceptors (Lipinski definition) is 4. The van der Waals surface area contributed by atoms with Gasteiger partial charge in [-0.15, -0.1) is 0 Å². The first-order chi connectivity index (χ1) is 12.2. The summed E-state index contributed by atoms with van der Waals surface area (Å²) < 4.78 is 10.8. The van der Waals surface area contributed by atoms with Gasteiger partial charge >= 0.3 is 0 Å². The highest BCUT2D eigenvalue weighted by molar-refractivity contribution is 5.97. The van der Waals surface area contributed by atoms with Crippen LogP contribution < -0.4 is 14.4 Å². The molecule has 2 aromatic carbocycles. The molecule has 0 atom stereocenters. The molecule has 1 aliphatic heterocycles. The molecule has 25 heavy (non-hydrogen) atoms. The number of ether oxygens (including phenoxy) is 2. The van der Waals surface area contributed by atoms with Crippen molar-refractivity contribution >= 4 is 11.6 Å². The van der Waals surface area contributed by atoms with Crippen LogP contribution in [0, 0.1) is 0 Å². The molecule has 1 heterocycles. The highest BCUT2D eigenvalue weighted by atomic mass is 16.5. The first kappa shape index (κ1) is 17.1. The van der Waals surface area contributed by atoms with Gasteiger partial charge in [-0.2, -0.15) is 0 Å². The summed E-state index contributed by atoms with van der Waals surface area (Å²) in [6, 6.07) is 15.5. The molecule has 1 fully saturated rings.